The molecule has 3 rings (SSSR count). The van der Waals surface area contributed by atoms with Crippen molar-refractivity contribution in [2.75, 3.05) is 24.1 Å². The third-order valence-corrected chi connectivity index (χ3v) is 5.04. The molecule has 0 unspecified atom stereocenters. The molecule has 1 N–H and O–H groups in total. The first-order valence-corrected chi connectivity index (χ1v) is 9.84. The van der Waals surface area contributed by atoms with Crippen molar-refractivity contribution in [3.05, 3.63) is 29.8 Å². The molecule has 1 aliphatic carbocycles. The topological polar surface area (TPSA) is 75.7 Å². The number of rotatable bonds is 3. The van der Waals surface area contributed by atoms with Crippen LogP contribution in [0.4, 0.5) is 5.69 Å². The van der Waals surface area contributed by atoms with E-state index in [0.717, 1.165) is 31.9 Å². The molecule has 0 aromatic heterocycles. The van der Waals surface area contributed by atoms with Crippen molar-refractivity contribution in [1.29, 1.82) is 0 Å². The number of nitrogens with zero attached hydrogens (tertiary/aromatic N) is 1. The van der Waals surface area contributed by atoms with E-state index >= 15 is 0 Å². The van der Waals surface area contributed by atoms with Crippen molar-refractivity contribution in [3.8, 4) is 0 Å². The van der Waals surface area contributed by atoms with Crippen LogP contribution in [-0.4, -0.2) is 50.8 Å². The van der Waals surface area contributed by atoms with Gasteiger partial charge in [0.05, 0.1) is 36.3 Å². The normalized spacial score (nSPS) is 24.8. The van der Waals surface area contributed by atoms with Crippen molar-refractivity contribution in [2.45, 2.75) is 37.8 Å². The van der Waals surface area contributed by atoms with Gasteiger partial charge in [-0.05, 0) is 25.0 Å². The van der Waals surface area contributed by atoms with Crippen LogP contribution in [-0.2, 0) is 14.8 Å². The van der Waals surface area contributed by atoms with Gasteiger partial charge in [0.1, 0.15) is 0 Å². The highest BCUT2D eigenvalue weighted by molar-refractivity contribution is 7.92. The lowest BCUT2D eigenvalue weighted by molar-refractivity contribution is -0.0752. The van der Waals surface area contributed by atoms with Crippen molar-refractivity contribution < 1.29 is 17.9 Å². The van der Waals surface area contributed by atoms with Crippen molar-refractivity contribution in [1.82, 2.24) is 4.90 Å². The maximum absolute atomic E-state index is 13.0. The fourth-order valence-corrected chi connectivity index (χ4v) is 4.04. The number of ether oxygens (including phenoxy) is 1. The average molecular weight is 338 g/mol. The number of sulfonamides is 1. The summed E-state index contributed by atoms with van der Waals surface area (Å²) in [6.45, 7) is 1.09. The van der Waals surface area contributed by atoms with Gasteiger partial charge in [0.25, 0.3) is 5.91 Å². The molecule has 0 spiro atoms. The first-order valence-electron chi connectivity index (χ1n) is 7.95. The molecule has 0 radical (unpaired) electrons. The largest absolute Gasteiger partial charge is 0.374 e. The van der Waals surface area contributed by atoms with E-state index in [-0.39, 0.29) is 18.1 Å². The van der Waals surface area contributed by atoms with Gasteiger partial charge in [-0.1, -0.05) is 25.0 Å². The van der Waals surface area contributed by atoms with Gasteiger partial charge in [0, 0.05) is 6.54 Å². The lowest BCUT2D eigenvalue weighted by atomic mass is 9.89. The fourth-order valence-electron chi connectivity index (χ4n) is 3.46. The molecule has 2 aliphatic rings. The highest BCUT2D eigenvalue weighted by Gasteiger charge is 2.37. The summed E-state index contributed by atoms with van der Waals surface area (Å²) in [5, 5.41) is 0. The van der Waals surface area contributed by atoms with Crippen LogP contribution < -0.4 is 4.72 Å². The van der Waals surface area contributed by atoms with Crippen LogP contribution in [0.15, 0.2) is 24.3 Å². The second kappa shape index (κ2) is 6.49. The molecule has 7 heteroatoms. The predicted octanol–water partition coefficient (Wildman–Crippen LogP) is 1.84. The number of para-hydroxylation sites is 1. The van der Waals surface area contributed by atoms with Crippen LogP contribution in [0.5, 0.6) is 0 Å². The lowest BCUT2D eigenvalue weighted by Gasteiger charge is -2.44. The Morgan fingerprint density at radius 3 is 2.78 bits per heavy atom. The van der Waals surface area contributed by atoms with E-state index in [2.05, 4.69) is 4.72 Å². The predicted molar refractivity (Wildman–Crippen MR) is 87.9 cm³/mol. The van der Waals surface area contributed by atoms with Crippen molar-refractivity contribution in [3.63, 3.8) is 0 Å². The average Bonchev–Trinajstić information content (AvgIpc) is 2.53. The molecule has 1 saturated carbocycles. The minimum Gasteiger partial charge on any atom is -0.374 e. The van der Waals surface area contributed by atoms with E-state index in [1.807, 2.05) is 4.90 Å². The lowest BCUT2D eigenvalue weighted by Crippen LogP contribution is -2.54. The molecule has 0 bridgehead atoms. The smallest absolute Gasteiger partial charge is 0.256 e. The molecule has 126 valence electrons. The highest BCUT2D eigenvalue weighted by Crippen LogP contribution is 2.30. The number of nitrogens with one attached hydrogen (secondary N) is 1. The van der Waals surface area contributed by atoms with Crippen LogP contribution in [0.1, 0.15) is 36.0 Å². The molecule has 1 saturated heterocycles. The minimum atomic E-state index is -3.43. The monoisotopic (exact) mass is 338 g/mol. The number of carbonyl (C=O) groups is 1. The third kappa shape index (κ3) is 3.67. The first kappa shape index (κ1) is 16.3. The molecule has 1 amide bonds. The molecule has 2 fully saturated rings. The Hall–Kier alpha value is -1.60. The molecule has 23 heavy (non-hydrogen) atoms. The summed E-state index contributed by atoms with van der Waals surface area (Å²) >= 11 is 0. The molecule has 1 aromatic carbocycles. The molecular weight excluding hydrogens is 316 g/mol. The number of hydrogen-bond donors (Lipinski definition) is 1. The van der Waals surface area contributed by atoms with Crippen molar-refractivity contribution in [2.24, 2.45) is 0 Å². The maximum atomic E-state index is 13.0. The summed E-state index contributed by atoms with van der Waals surface area (Å²) in [7, 11) is -3.43. The number of carbonyl (C=O) groups excluding carboxylic acids is 1. The second-order valence-electron chi connectivity index (χ2n) is 6.18. The van der Waals surface area contributed by atoms with Crippen molar-refractivity contribution >= 4 is 21.6 Å². The zero-order valence-corrected chi connectivity index (χ0v) is 14.0. The third-order valence-electron chi connectivity index (χ3n) is 4.45. The Bertz CT molecular complexity index is 687. The second-order valence-corrected chi connectivity index (χ2v) is 7.93. The summed E-state index contributed by atoms with van der Waals surface area (Å²) in [6.07, 6.45) is 5.35. The van der Waals surface area contributed by atoms with Gasteiger partial charge < -0.3 is 9.64 Å². The van der Waals surface area contributed by atoms with E-state index < -0.39 is 10.0 Å². The minimum absolute atomic E-state index is 0.0938. The van der Waals surface area contributed by atoms with Gasteiger partial charge in [-0.25, -0.2) is 8.42 Å². The van der Waals surface area contributed by atoms with E-state index in [4.69, 9.17) is 4.74 Å². The zero-order chi connectivity index (χ0) is 16.4. The molecule has 6 nitrogen and oxygen atoms in total. The fraction of sp³-hybridized carbons (Fsp3) is 0.562. The molecule has 1 aliphatic heterocycles. The van der Waals surface area contributed by atoms with E-state index in [1.165, 1.54) is 0 Å². The standard InChI is InChI=1S/C16H22N2O4S/c1-23(20,21)17-13-7-3-2-6-12(13)16(19)18-10-11-22-15-9-5-4-8-14(15)18/h2-3,6-7,14-15,17H,4-5,8-11H2,1H3/t14-,15-/m1/s1. The molecule has 1 heterocycles. The Morgan fingerprint density at radius 2 is 2.00 bits per heavy atom. The Kier molecular flexibility index (Phi) is 4.59. The Morgan fingerprint density at radius 1 is 1.26 bits per heavy atom. The first-order chi connectivity index (χ1) is 11.0. The number of fused-ring (bicyclic) bond motifs is 1. The van der Waals surface area contributed by atoms with Gasteiger partial charge in [0.2, 0.25) is 10.0 Å². The summed E-state index contributed by atoms with van der Waals surface area (Å²) in [6, 6.07) is 6.85. The van der Waals surface area contributed by atoms with E-state index in [9.17, 15) is 13.2 Å². The number of benzene rings is 1. The van der Waals surface area contributed by atoms with Crippen LogP contribution in [0, 0.1) is 0 Å². The SMILES string of the molecule is CS(=O)(=O)Nc1ccccc1C(=O)N1CCO[C@@H]2CCCC[C@H]21. The number of hydrogen-bond acceptors (Lipinski definition) is 4. The Balaban J connectivity index is 1.88. The van der Waals surface area contributed by atoms with E-state index in [0.29, 0.717) is 24.4 Å². The van der Waals surface area contributed by atoms with Gasteiger partial charge in [-0.2, -0.15) is 0 Å². The summed E-state index contributed by atoms with van der Waals surface area (Å²) < 4.78 is 31.3. The van der Waals surface area contributed by atoms with Gasteiger partial charge in [-0.15, -0.1) is 0 Å². The van der Waals surface area contributed by atoms with Crippen LogP contribution >= 0.6 is 0 Å². The van der Waals surface area contributed by atoms with Gasteiger partial charge in [0.15, 0.2) is 0 Å². The van der Waals surface area contributed by atoms with Crippen LogP contribution in [0.3, 0.4) is 0 Å². The van der Waals surface area contributed by atoms with Gasteiger partial charge >= 0.3 is 0 Å². The number of amides is 1. The van der Waals surface area contributed by atoms with E-state index in [1.54, 1.807) is 24.3 Å². The zero-order valence-electron chi connectivity index (χ0n) is 13.2. The summed E-state index contributed by atoms with van der Waals surface area (Å²) in [5.74, 6) is -0.128. The molecule has 1 aromatic rings. The number of anilines is 1. The molecule has 2 atom stereocenters. The Labute approximate surface area is 136 Å². The van der Waals surface area contributed by atoms with Crippen LogP contribution in [0.25, 0.3) is 0 Å². The van der Waals surface area contributed by atoms with Gasteiger partial charge in [-0.3, -0.25) is 9.52 Å². The number of morpholine rings is 1. The summed E-state index contributed by atoms with van der Waals surface area (Å²) in [4.78, 5) is 14.9. The maximum Gasteiger partial charge on any atom is 0.256 e. The van der Waals surface area contributed by atoms with Crippen LogP contribution in [0.2, 0.25) is 0 Å². The summed E-state index contributed by atoms with van der Waals surface area (Å²) in [5.41, 5.74) is 0.725. The highest BCUT2D eigenvalue weighted by atomic mass is 32.2. The molecular formula is C16H22N2O4S. The quantitative estimate of drug-likeness (QED) is 0.912.